The summed E-state index contributed by atoms with van der Waals surface area (Å²) >= 11 is 13.9. The average molecular weight is 647 g/mol. The van der Waals surface area contributed by atoms with Gasteiger partial charge in [-0.2, -0.15) is 11.8 Å². The average Bonchev–Trinajstić information content (AvgIpc) is 3.31. The topological polar surface area (TPSA) is 53.4 Å². The predicted octanol–water partition coefficient (Wildman–Crippen LogP) is 7.29. The summed E-state index contributed by atoms with van der Waals surface area (Å²) in [5, 5.41) is 4.72. The van der Waals surface area contributed by atoms with Gasteiger partial charge < -0.3 is 10.2 Å². The van der Waals surface area contributed by atoms with E-state index >= 15 is 0 Å². The van der Waals surface area contributed by atoms with Crippen LogP contribution in [0.5, 0.6) is 0 Å². The largest absolute Gasteiger partial charge is 0.370 e. The maximum Gasteiger partial charge on any atom is 0.326 e. The molecule has 0 aliphatic carbocycles. The van der Waals surface area contributed by atoms with Crippen LogP contribution in [0.4, 0.5) is 14.9 Å². The molecule has 1 N–H and O–H groups in total. The van der Waals surface area contributed by atoms with Crippen LogP contribution >= 0.6 is 47.4 Å². The fourth-order valence-corrected chi connectivity index (χ4v) is 6.79. The molecular formula is C31H31Cl3FN5OS. The van der Waals surface area contributed by atoms with Crippen molar-refractivity contribution in [2.45, 2.75) is 19.5 Å². The lowest BCUT2D eigenvalue weighted by Gasteiger charge is -2.29. The molecule has 2 aliphatic heterocycles. The Morgan fingerprint density at radius 2 is 1.90 bits per heavy atom. The van der Waals surface area contributed by atoms with Crippen LogP contribution in [0.1, 0.15) is 22.4 Å². The zero-order chi connectivity index (χ0) is 28.3. The second-order valence-electron chi connectivity index (χ2n) is 10.3. The minimum Gasteiger partial charge on any atom is -0.370 e. The highest BCUT2D eigenvalue weighted by molar-refractivity contribution is 7.99. The van der Waals surface area contributed by atoms with Gasteiger partial charge in [-0.05, 0) is 59.2 Å². The van der Waals surface area contributed by atoms with Gasteiger partial charge in [-0.25, -0.2) is 14.2 Å². The fraction of sp³-hybridized carbons (Fsp3) is 0.290. The Kier molecular flexibility index (Phi) is 10.0. The molecule has 4 aromatic rings. The molecule has 0 spiro atoms. The van der Waals surface area contributed by atoms with Gasteiger partial charge in [0.2, 0.25) is 0 Å². The molecule has 6 nitrogen and oxygen atoms in total. The van der Waals surface area contributed by atoms with Crippen LogP contribution in [-0.4, -0.2) is 58.2 Å². The summed E-state index contributed by atoms with van der Waals surface area (Å²) in [5.41, 5.74) is 6.03. The number of aromatic nitrogens is 2. The summed E-state index contributed by atoms with van der Waals surface area (Å²) in [7, 11) is 0. The van der Waals surface area contributed by atoms with Gasteiger partial charge in [0.1, 0.15) is 11.0 Å². The van der Waals surface area contributed by atoms with Crippen molar-refractivity contribution in [3.8, 4) is 0 Å². The van der Waals surface area contributed by atoms with Crippen molar-refractivity contribution in [3.05, 3.63) is 99.2 Å². The van der Waals surface area contributed by atoms with Gasteiger partial charge in [-0.1, -0.05) is 41.4 Å². The Labute approximate surface area is 265 Å². The number of pyridine rings is 1. The quantitative estimate of drug-likeness (QED) is 0.223. The van der Waals surface area contributed by atoms with Gasteiger partial charge in [0.25, 0.3) is 0 Å². The number of thioether (sulfide) groups is 1. The number of halogens is 4. The van der Waals surface area contributed by atoms with Gasteiger partial charge in [0.15, 0.2) is 0 Å². The van der Waals surface area contributed by atoms with Crippen molar-refractivity contribution in [2.24, 2.45) is 0 Å². The number of hydrogen-bond donors (Lipinski definition) is 1. The first-order chi connectivity index (χ1) is 20.0. The number of benzene rings is 2. The number of nitrogens with zero attached hydrogens (tertiary/aromatic N) is 4. The number of amides is 1. The lowest BCUT2D eigenvalue weighted by Crippen LogP contribution is -2.34. The minimum atomic E-state index is -0.419. The molecule has 1 fully saturated rings. The molecule has 0 saturated carbocycles. The van der Waals surface area contributed by atoms with Crippen LogP contribution in [0.15, 0.2) is 60.8 Å². The highest BCUT2D eigenvalue weighted by atomic mass is 35.5. The standard InChI is InChI=1S/C31H30Cl2FN5OS.ClH/c32-26-5-3-21(16-27(26)34)2-1-10-37-11-8-29-25(20-37)24-18-23(38-12-14-41-15-13-38)4-6-28(24)39(29)31(40)36-19-22-7-9-35-30(33)17-22;/h1-7,9,16-18H,8,10-15,19-20H2,(H,36,40);1H/b2-1+;. The summed E-state index contributed by atoms with van der Waals surface area (Å²) in [5.74, 6) is 1.82. The van der Waals surface area contributed by atoms with Crippen LogP contribution in [0.25, 0.3) is 17.0 Å². The Morgan fingerprint density at radius 1 is 1.07 bits per heavy atom. The minimum absolute atomic E-state index is 0. The van der Waals surface area contributed by atoms with Crippen LogP contribution in [0.3, 0.4) is 0 Å². The van der Waals surface area contributed by atoms with E-state index < -0.39 is 5.82 Å². The normalized spacial score (nSPS) is 15.5. The number of fused-ring (bicyclic) bond motifs is 3. The lowest BCUT2D eigenvalue weighted by molar-refractivity contribution is 0.240. The van der Waals surface area contributed by atoms with E-state index in [1.54, 1.807) is 18.3 Å². The molecule has 220 valence electrons. The summed E-state index contributed by atoms with van der Waals surface area (Å²) in [4.78, 5) is 22.4. The van der Waals surface area contributed by atoms with E-state index in [-0.39, 0.29) is 23.5 Å². The maximum absolute atomic E-state index is 13.9. The van der Waals surface area contributed by atoms with E-state index in [1.165, 1.54) is 17.3 Å². The highest BCUT2D eigenvalue weighted by Gasteiger charge is 2.27. The van der Waals surface area contributed by atoms with Crippen molar-refractivity contribution in [1.29, 1.82) is 0 Å². The van der Waals surface area contributed by atoms with Crippen LogP contribution in [-0.2, 0) is 19.5 Å². The van der Waals surface area contributed by atoms with Crippen molar-refractivity contribution in [2.75, 3.05) is 42.6 Å². The van der Waals surface area contributed by atoms with Crippen LogP contribution in [0.2, 0.25) is 10.2 Å². The lowest BCUT2D eigenvalue weighted by atomic mass is 10.0. The molecule has 0 unspecified atom stereocenters. The highest BCUT2D eigenvalue weighted by Crippen LogP contribution is 2.34. The first-order valence-electron chi connectivity index (χ1n) is 13.7. The van der Waals surface area contributed by atoms with Gasteiger partial charge in [-0.3, -0.25) is 9.47 Å². The van der Waals surface area contributed by atoms with E-state index in [1.807, 2.05) is 34.5 Å². The molecule has 0 radical (unpaired) electrons. The second-order valence-corrected chi connectivity index (χ2v) is 12.3. The Bertz CT molecular complexity index is 1620. The number of anilines is 1. The number of hydrogen-bond acceptors (Lipinski definition) is 5. The Hall–Kier alpha value is -2.75. The van der Waals surface area contributed by atoms with E-state index in [9.17, 15) is 9.18 Å². The maximum atomic E-state index is 13.9. The van der Waals surface area contributed by atoms with Gasteiger partial charge in [0, 0.05) is 80.2 Å². The smallest absolute Gasteiger partial charge is 0.326 e. The van der Waals surface area contributed by atoms with Crippen molar-refractivity contribution in [1.82, 2.24) is 19.8 Å². The summed E-state index contributed by atoms with van der Waals surface area (Å²) in [6, 6.07) is 14.8. The molecule has 0 bridgehead atoms. The number of nitrogens with one attached hydrogen (secondary N) is 1. The van der Waals surface area contributed by atoms with E-state index in [0.29, 0.717) is 18.2 Å². The van der Waals surface area contributed by atoms with Gasteiger partial charge in [-0.15, -0.1) is 12.4 Å². The molecule has 0 atom stereocenters. The van der Waals surface area contributed by atoms with Gasteiger partial charge in [0.05, 0.1) is 10.5 Å². The molecule has 2 aromatic carbocycles. The number of carbonyl (C=O) groups is 1. The van der Waals surface area contributed by atoms with Crippen molar-refractivity contribution < 1.29 is 9.18 Å². The molecule has 2 aromatic heterocycles. The third-order valence-corrected chi connectivity index (χ3v) is 9.10. The molecule has 1 saturated heterocycles. The third-order valence-electron chi connectivity index (χ3n) is 7.64. The molecule has 11 heteroatoms. The monoisotopic (exact) mass is 645 g/mol. The number of carbonyl (C=O) groups excluding carboxylic acids is 1. The molecular weight excluding hydrogens is 616 g/mol. The van der Waals surface area contributed by atoms with E-state index in [0.717, 1.165) is 71.8 Å². The zero-order valence-corrected chi connectivity index (χ0v) is 26.0. The molecule has 4 heterocycles. The predicted molar refractivity (Wildman–Crippen MR) is 175 cm³/mol. The Morgan fingerprint density at radius 3 is 2.69 bits per heavy atom. The molecule has 2 aliphatic rings. The fourth-order valence-electron chi connectivity index (χ4n) is 5.57. The Balaban J connectivity index is 0.00000353. The first-order valence-corrected chi connectivity index (χ1v) is 15.6. The first kappa shape index (κ1) is 30.7. The van der Waals surface area contributed by atoms with Crippen molar-refractivity contribution >= 4 is 76.1 Å². The molecule has 42 heavy (non-hydrogen) atoms. The van der Waals surface area contributed by atoms with Gasteiger partial charge >= 0.3 is 6.03 Å². The second kappa shape index (κ2) is 13.7. The third kappa shape index (κ3) is 6.74. The number of rotatable bonds is 6. The van der Waals surface area contributed by atoms with E-state index in [2.05, 4.69) is 44.4 Å². The molecule has 1 amide bonds. The molecule has 6 rings (SSSR count). The van der Waals surface area contributed by atoms with E-state index in [4.69, 9.17) is 23.2 Å². The summed E-state index contributed by atoms with van der Waals surface area (Å²) < 4.78 is 15.7. The van der Waals surface area contributed by atoms with Crippen molar-refractivity contribution in [3.63, 3.8) is 0 Å². The SMILES string of the molecule is Cl.O=C(NCc1ccnc(Cl)c1)n1c2c(c3cc(N4CCSCC4)ccc31)CN(C/C=C/c1ccc(Cl)c(F)c1)CC2. The van der Waals surface area contributed by atoms with Crippen LogP contribution < -0.4 is 10.2 Å². The summed E-state index contributed by atoms with van der Waals surface area (Å²) in [6.45, 7) is 4.67. The zero-order valence-electron chi connectivity index (χ0n) is 22.9. The summed E-state index contributed by atoms with van der Waals surface area (Å²) in [6.07, 6.45) is 6.36. The van der Waals surface area contributed by atoms with Crippen LogP contribution in [0, 0.1) is 5.82 Å².